The minimum Gasteiger partial charge on any atom is -0.481 e. The summed E-state index contributed by atoms with van der Waals surface area (Å²) >= 11 is 0. The summed E-state index contributed by atoms with van der Waals surface area (Å²) in [6.07, 6.45) is 3.61. The molecule has 3 N–H and O–H groups in total. The Hall–Kier alpha value is -1.39. The van der Waals surface area contributed by atoms with Crippen molar-refractivity contribution in [3.63, 3.8) is 0 Å². The summed E-state index contributed by atoms with van der Waals surface area (Å²) in [6, 6.07) is 9.54. The fourth-order valence-electron chi connectivity index (χ4n) is 2.33. The number of benzene rings is 1. The van der Waals surface area contributed by atoms with E-state index >= 15 is 0 Å². The molecule has 1 rings (SSSR count). The number of unbranched alkanes of at least 4 members (excludes halogenated alkanes) is 3. The minimum absolute atomic E-state index is 0.0653. The van der Waals surface area contributed by atoms with Crippen LogP contribution in [0.2, 0.25) is 0 Å². The molecule has 0 aliphatic rings. The molecule has 0 saturated heterocycles. The van der Waals surface area contributed by atoms with Crippen LogP contribution in [0, 0.1) is 0 Å². The highest BCUT2D eigenvalue weighted by molar-refractivity contribution is 5.66. The number of aliphatic hydroxyl groups is 2. The molecule has 0 spiro atoms. The van der Waals surface area contributed by atoms with Gasteiger partial charge in [-0.05, 0) is 18.4 Å². The van der Waals surface area contributed by atoms with Crippen LogP contribution < -0.4 is 0 Å². The van der Waals surface area contributed by atoms with Gasteiger partial charge < -0.3 is 15.3 Å². The molecule has 0 heterocycles. The minimum atomic E-state index is -0.755. The highest BCUT2D eigenvalue weighted by atomic mass is 16.4. The second kappa shape index (κ2) is 9.50. The van der Waals surface area contributed by atoms with Crippen LogP contribution in [0.4, 0.5) is 0 Å². The maximum atomic E-state index is 10.4. The summed E-state index contributed by atoms with van der Waals surface area (Å²) in [7, 11) is 0. The number of rotatable bonds is 10. The van der Waals surface area contributed by atoms with Gasteiger partial charge in [-0.15, -0.1) is 0 Å². The molecule has 0 radical (unpaired) electrons. The van der Waals surface area contributed by atoms with Crippen LogP contribution >= 0.6 is 0 Å². The highest BCUT2D eigenvalue weighted by Crippen LogP contribution is 2.23. The maximum Gasteiger partial charge on any atom is 0.303 e. The van der Waals surface area contributed by atoms with Crippen molar-refractivity contribution < 1.29 is 20.1 Å². The number of hydrogen-bond acceptors (Lipinski definition) is 3. The molecular weight excluding hydrogens is 256 g/mol. The summed E-state index contributed by atoms with van der Waals surface area (Å²) in [5.74, 6) is -0.996. The van der Waals surface area contributed by atoms with Gasteiger partial charge in [0.05, 0.1) is 12.7 Å². The first-order chi connectivity index (χ1) is 9.65. The topological polar surface area (TPSA) is 77.8 Å². The van der Waals surface area contributed by atoms with Gasteiger partial charge in [0.15, 0.2) is 0 Å². The third-order valence-corrected chi connectivity index (χ3v) is 3.53. The van der Waals surface area contributed by atoms with Crippen LogP contribution in [0.1, 0.15) is 50.0 Å². The zero-order chi connectivity index (χ0) is 14.8. The quantitative estimate of drug-likeness (QED) is 0.576. The molecule has 0 aliphatic carbocycles. The number of carboxylic acids is 1. The average molecular weight is 280 g/mol. The fraction of sp³-hybridized carbons (Fsp3) is 0.562. The smallest absolute Gasteiger partial charge is 0.303 e. The van der Waals surface area contributed by atoms with E-state index in [1.54, 1.807) is 0 Å². The van der Waals surface area contributed by atoms with Gasteiger partial charge in [0.2, 0.25) is 0 Å². The summed E-state index contributed by atoms with van der Waals surface area (Å²) in [5.41, 5.74) is 0.952. The molecule has 0 amide bonds. The van der Waals surface area contributed by atoms with E-state index in [1.807, 2.05) is 30.3 Å². The number of hydrogen-bond donors (Lipinski definition) is 3. The van der Waals surface area contributed by atoms with Crippen LogP contribution in [0.5, 0.6) is 0 Å². The van der Waals surface area contributed by atoms with Gasteiger partial charge in [-0.2, -0.15) is 0 Å². The van der Waals surface area contributed by atoms with E-state index in [-0.39, 0.29) is 18.9 Å². The first-order valence-electron chi connectivity index (χ1n) is 7.20. The van der Waals surface area contributed by atoms with Crippen molar-refractivity contribution in [2.75, 3.05) is 6.61 Å². The normalized spacial score (nSPS) is 13.9. The first kappa shape index (κ1) is 16.7. The van der Waals surface area contributed by atoms with Crippen LogP contribution in [0.25, 0.3) is 0 Å². The summed E-state index contributed by atoms with van der Waals surface area (Å²) in [4.78, 5) is 10.4. The van der Waals surface area contributed by atoms with E-state index in [1.165, 1.54) is 0 Å². The van der Waals surface area contributed by atoms with Gasteiger partial charge in [0.1, 0.15) is 0 Å². The number of aliphatic carboxylic acids is 1. The molecule has 0 saturated carbocycles. The lowest BCUT2D eigenvalue weighted by molar-refractivity contribution is -0.137. The summed E-state index contributed by atoms with van der Waals surface area (Å²) < 4.78 is 0. The molecule has 2 unspecified atom stereocenters. The summed E-state index contributed by atoms with van der Waals surface area (Å²) in [5, 5.41) is 28.1. The van der Waals surface area contributed by atoms with Gasteiger partial charge in [-0.1, -0.05) is 49.6 Å². The zero-order valence-electron chi connectivity index (χ0n) is 11.7. The third-order valence-electron chi connectivity index (χ3n) is 3.53. The molecule has 1 aromatic rings. The second-order valence-electron chi connectivity index (χ2n) is 5.11. The Bertz CT molecular complexity index is 377. The van der Waals surface area contributed by atoms with Crippen LogP contribution in [0.3, 0.4) is 0 Å². The van der Waals surface area contributed by atoms with Crippen molar-refractivity contribution in [3.05, 3.63) is 35.9 Å². The van der Waals surface area contributed by atoms with Gasteiger partial charge in [-0.25, -0.2) is 0 Å². The molecule has 1 aromatic carbocycles. The molecule has 0 fully saturated rings. The van der Waals surface area contributed by atoms with E-state index in [2.05, 4.69) is 0 Å². The van der Waals surface area contributed by atoms with Gasteiger partial charge in [0.25, 0.3) is 0 Å². The summed E-state index contributed by atoms with van der Waals surface area (Å²) in [6.45, 7) is -0.0653. The maximum absolute atomic E-state index is 10.4. The number of aliphatic hydroxyl groups excluding tert-OH is 2. The standard InChI is InChI=1S/C16H24O4/c17-12-14(13-8-4-3-5-9-13)15(18)10-6-1-2-7-11-16(19)20/h3-5,8-9,14-15,17-18H,1-2,6-7,10-12H2,(H,19,20). The van der Waals surface area contributed by atoms with E-state index < -0.39 is 12.1 Å². The van der Waals surface area contributed by atoms with Crippen molar-refractivity contribution in [1.82, 2.24) is 0 Å². The van der Waals surface area contributed by atoms with Crippen molar-refractivity contribution >= 4 is 5.97 Å². The highest BCUT2D eigenvalue weighted by Gasteiger charge is 2.19. The SMILES string of the molecule is O=C(O)CCCCCCC(O)C(CO)c1ccccc1. The van der Waals surface area contributed by atoms with Gasteiger partial charge in [-0.3, -0.25) is 4.79 Å². The Morgan fingerprint density at radius 1 is 1.05 bits per heavy atom. The molecule has 4 heteroatoms. The Kier molecular flexibility index (Phi) is 7.92. The van der Waals surface area contributed by atoms with Crippen molar-refractivity contribution in [2.45, 2.75) is 50.5 Å². The predicted octanol–water partition coefficient (Wildman–Crippen LogP) is 2.55. The fourth-order valence-corrected chi connectivity index (χ4v) is 2.33. The molecule has 112 valence electrons. The number of carbonyl (C=O) groups is 1. The van der Waals surface area contributed by atoms with Crippen LogP contribution in [0.15, 0.2) is 30.3 Å². The predicted molar refractivity (Wildman–Crippen MR) is 77.6 cm³/mol. The van der Waals surface area contributed by atoms with E-state index in [0.717, 1.165) is 24.8 Å². The molecule has 20 heavy (non-hydrogen) atoms. The third kappa shape index (κ3) is 6.17. The number of carboxylic acid groups (broad SMARTS) is 1. The largest absolute Gasteiger partial charge is 0.481 e. The van der Waals surface area contributed by atoms with E-state index in [4.69, 9.17) is 5.11 Å². The first-order valence-corrected chi connectivity index (χ1v) is 7.20. The van der Waals surface area contributed by atoms with E-state index in [0.29, 0.717) is 12.8 Å². The van der Waals surface area contributed by atoms with Gasteiger partial charge in [0, 0.05) is 12.3 Å². The van der Waals surface area contributed by atoms with Gasteiger partial charge >= 0.3 is 5.97 Å². The average Bonchev–Trinajstić information content (AvgIpc) is 2.44. The lowest BCUT2D eigenvalue weighted by Gasteiger charge is -2.21. The van der Waals surface area contributed by atoms with Crippen molar-refractivity contribution in [3.8, 4) is 0 Å². The monoisotopic (exact) mass is 280 g/mol. The molecule has 0 bridgehead atoms. The Balaban J connectivity index is 2.27. The van der Waals surface area contributed by atoms with Crippen LogP contribution in [-0.2, 0) is 4.79 Å². The second-order valence-corrected chi connectivity index (χ2v) is 5.11. The molecule has 2 atom stereocenters. The van der Waals surface area contributed by atoms with Crippen molar-refractivity contribution in [1.29, 1.82) is 0 Å². The Morgan fingerprint density at radius 2 is 1.70 bits per heavy atom. The molecule has 4 nitrogen and oxygen atoms in total. The Morgan fingerprint density at radius 3 is 2.30 bits per heavy atom. The Labute approximate surface area is 120 Å². The van der Waals surface area contributed by atoms with Crippen molar-refractivity contribution in [2.24, 2.45) is 0 Å². The van der Waals surface area contributed by atoms with Crippen LogP contribution in [-0.4, -0.2) is 34.0 Å². The van der Waals surface area contributed by atoms with E-state index in [9.17, 15) is 15.0 Å². The lowest BCUT2D eigenvalue weighted by Crippen LogP contribution is -2.21. The zero-order valence-corrected chi connectivity index (χ0v) is 11.7. The lowest BCUT2D eigenvalue weighted by atomic mass is 9.91. The molecule has 0 aliphatic heterocycles. The molecular formula is C16H24O4. The molecule has 0 aromatic heterocycles.